The number of rotatable bonds is 5. The van der Waals surface area contributed by atoms with E-state index in [1.54, 1.807) is 47.6 Å². The summed E-state index contributed by atoms with van der Waals surface area (Å²) in [5.74, 6) is 1.02. The molecule has 1 aliphatic heterocycles. The Balaban J connectivity index is 1.55. The summed E-state index contributed by atoms with van der Waals surface area (Å²) in [7, 11) is -3.78. The molecule has 3 aromatic rings. The molecule has 0 radical (unpaired) electrons. The van der Waals surface area contributed by atoms with Crippen molar-refractivity contribution in [3.63, 3.8) is 0 Å². The lowest BCUT2D eigenvalue weighted by molar-refractivity contribution is -0.117. The van der Waals surface area contributed by atoms with E-state index < -0.39 is 10.0 Å². The van der Waals surface area contributed by atoms with Crippen molar-refractivity contribution < 1.29 is 17.9 Å². The molecular weight excluding hydrogens is 426 g/mol. The maximum atomic E-state index is 12.6. The Kier molecular flexibility index (Phi) is 5.46. The van der Waals surface area contributed by atoms with Crippen LogP contribution in [0.3, 0.4) is 0 Å². The molecule has 0 unspecified atom stereocenters. The number of amides is 1. The van der Waals surface area contributed by atoms with Crippen LogP contribution in [0.2, 0.25) is 5.02 Å². The molecule has 0 spiro atoms. The summed E-state index contributed by atoms with van der Waals surface area (Å²) in [5.41, 5.74) is 1.55. The SMILES string of the molecule is NS(=O)(=O)c1ccc(N2C[C@@H](c3ccc(Cl)c(Oc4ccncc4)c3)CC2=O)cc1. The topological polar surface area (TPSA) is 103 Å². The molecule has 30 heavy (non-hydrogen) atoms. The van der Waals surface area contributed by atoms with E-state index in [1.807, 2.05) is 12.1 Å². The van der Waals surface area contributed by atoms with E-state index in [-0.39, 0.29) is 16.7 Å². The summed E-state index contributed by atoms with van der Waals surface area (Å²) >= 11 is 6.28. The Morgan fingerprint density at radius 1 is 1.07 bits per heavy atom. The van der Waals surface area contributed by atoms with Crippen molar-refractivity contribution in [1.82, 2.24) is 4.98 Å². The molecule has 2 heterocycles. The number of benzene rings is 2. The number of carbonyl (C=O) groups excluding carboxylic acids is 1. The van der Waals surface area contributed by atoms with Crippen molar-refractivity contribution in [2.45, 2.75) is 17.2 Å². The number of nitrogens with two attached hydrogens (primary N) is 1. The van der Waals surface area contributed by atoms with E-state index in [0.29, 0.717) is 35.2 Å². The summed E-state index contributed by atoms with van der Waals surface area (Å²) < 4.78 is 28.7. The van der Waals surface area contributed by atoms with Crippen molar-refractivity contribution in [2.24, 2.45) is 5.14 Å². The average molecular weight is 444 g/mol. The second-order valence-electron chi connectivity index (χ2n) is 6.92. The zero-order valence-corrected chi connectivity index (χ0v) is 17.3. The number of carbonyl (C=O) groups is 1. The lowest BCUT2D eigenvalue weighted by Gasteiger charge is -2.18. The normalized spacial score (nSPS) is 16.7. The number of aromatic nitrogens is 1. The second-order valence-corrected chi connectivity index (χ2v) is 8.89. The molecular formula is C21H18ClN3O4S. The lowest BCUT2D eigenvalue weighted by Crippen LogP contribution is -2.24. The minimum Gasteiger partial charge on any atom is -0.456 e. The second kappa shape index (κ2) is 8.06. The molecule has 1 atom stereocenters. The van der Waals surface area contributed by atoms with Crippen LogP contribution >= 0.6 is 11.6 Å². The van der Waals surface area contributed by atoms with Crippen LogP contribution in [0.15, 0.2) is 71.9 Å². The number of ether oxygens (including phenoxy) is 1. The number of halogens is 1. The largest absolute Gasteiger partial charge is 0.456 e. The molecule has 2 aromatic carbocycles. The van der Waals surface area contributed by atoms with Crippen LogP contribution in [0, 0.1) is 0 Å². The first-order valence-electron chi connectivity index (χ1n) is 9.12. The third-order valence-corrected chi connectivity index (χ3v) is 6.15. The van der Waals surface area contributed by atoms with Gasteiger partial charge in [-0.25, -0.2) is 13.6 Å². The van der Waals surface area contributed by atoms with Crippen molar-refractivity contribution in [3.8, 4) is 11.5 Å². The van der Waals surface area contributed by atoms with Crippen LogP contribution in [-0.2, 0) is 14.8 Å². The summed E-state index contributed by atoms with van der Waals surface area (Å²) in [5, 5.41) is 5.60. The van der Waals surface area contributed by atoms with Gasteiger partial charge in [0.15, 0.2) is 0 Å². The van der Waals surface area contributed by atoms with Gasteiger partial charge in [-0.1, -0.05) is 17.7 Å². The highest BCUT2D eigenvalue weighted by Crippen LogP contribution is 2.37. The number of primary sulfonamides is 1. The number of anilines is 1. The molecule has 1 amide bonds. The number of nitrogens with zero attached hydrogens (tertiary/aromatic N) is 2. The van der Waals surface area contributed by atoms with E-state index in [1.165, 1.54) is 12.1 Å². The van der Waals surface area contributed by atoms with Gasteiger partial charge in [0.05, 0.1) is 9.92 Å². The minimum atomic E-state index is -3.78. The molecule has 1 aliphatic rings. The first-order valence-corrected chi connectivity index (χ1v) is 11.0. The van der Waals surface area contributed by atoms with Gasteiger partial charge >= 0.3 is 0 Å². The quantitative estimate of drug-likeness (QED) is 0.647. The van der Waals surface area contributed by atoms with Gasteiger partial charge in [-0.05, 0) is 54.1 Å². The zero-order chi connectivity index (χ0) is 21.3. The van der Waals surface area contributed by atoms with Crippen LogP contribution in [0.1, 0.15) is 17.9 Å². The first kappa shape index (κ1) is 20.3. The van der Waals surface area contributed by atoms with E-state index in [9.17, 15) is 13.2 Å². The molecule has 1 fully saturated rings. The number of pyridine rings is 1. The summed E-state index contributed by atoms with van der Waals surface area (Å²) in [6.45, 7) is 0.462. The summed E-state index contributed by atoms with van der Waals surface area (Å²) in [6.07, 6.45) is 3.58. The highest BCUT2D eigenvalue weighted by Gasteiger charge is 2.32. The number of hydrogen-bond acceptors (Lipinski definition) is 5. The van der Waals surface area contributed by atoms with Crippen LogP contribution in [0.4, 0.5) is 5.69 Å². The van der Waals surface area contributed by atoms with Crippen LogP contribution in [0.25, 0.3) is 0 Å². The molecule has 2 N–H and O–H groups in total. The molecule has 1 aromatic heterocycles. The number of hydrogen-bond donors (Lipinski definition) is 1. The summed E-state index contributed by atoms with van der Waals surface area (Å²) in [4.78, 5) is 18.2. The third-order valence-electron chi connectivity index (χ3n) is 4.91. The van der Waals surface area contributed by atoms with Gasteiger partial charge in [0.25, 0.3) is 0 Å². The Hall–Kier alpha value is -2.94. The number of sulfonamides is 1. The molecule has 9 heteroatoms. The van der Waals surface area contributed by atoms with Crippen molar-refractivity contribution in [2.75, 3.05) is 11.4 Å². The van der Waals surface area contributed by atoms with Crippen LogP contribution in [-0.4, -0.2) is 25.9 Å². The van der Waals surface area contributed by atoms with Gasteiger partial charge in [0.2, 0.25) is 15.9 Å². The Bertz CT molecular complexity index is 1180. The lowest BCUT2D eigenvalue weighted by atomic mass is 9.98. The molecule has 7 nitrogen and oxygen atoms in total. The Labute approximate surface area is 179 Å². The standard InChI is InChI=1S/C21H18ClN3O4S/c22-19-6-1-14(11-20(19)29-17-7-9-24-10-8-17)15-12-21(26)25(13-15)16-2-4-18(5-3-16)30(23,27)28/h1-11,15H,12-13H2,(H2,23,27,28)/t15-/m0/s1. The first-order chi connectivity index (χ1) is 14.3. The maximum absolute atomic E-state index is 12.6. The smallest absolute Gasteiger partial charge is 0.238 e. The molecule has 0 bridgehead atoms. The fourth-order valence-electron chi connectivity index (χ4n) is 3.38. The van der Waals surface area contributed by atoms with Gasteiger partial charge in [-0.2, -0.15) is 0 Å². The molecule has 0 saturated carbocycles. The fourth-order valence-corrected chi connectivity index (χ4v) is 4.05. The Morgan fingerprint density at radius 3 is 2.43 bits per heavy atom. The molecule has 1 saturated heterocycles. The minimum absolute atomic E-state index is 0.00468. The fraction of sp³-hybridized carbons (Fsp3) is 0.143. The van der Waals surface area contributed by atoms with E-state index in [4.69, 9.17) is 21.5 Å². The van der Waals surface area contributed by atoms with Gasteiger partial charge in [0, 0.05) is 37.0 Å². The molecule has 154 valence electrons. The Morgan fingerprint density at radius 2 is 1.77 bits per heavy atom. The molecule has 0 aliphatic carbocycles. The van der Waals surface area contributed by atoms with Gasteiger partial charge in [-0.15, -0.1) is 0 Å². The summed E-state index contributed by atoms with van der Waals surface area (Å²) in [6, 6.07) is 14.9. The van der Waals surface area contributed by atoms with E-state index in [2.05, 4.69) is 4.98 Å². The van der Waals surface area contributed by atoms with Gasteiger partial charge < -0.3 is 9.64 Å². The highest BCUT2D eigenvalue weighted by molar-refractivity contribution is 7.89. The van der Waals surface area contributed by atoms with Crippen molar-refractivity contribution >= 4 is 33.2 Å². The van der Waals surface area contributed by atoms with Crippen LogP contribution in [0.5, 0.6) is 11.5 Å². The highest BCUT2D eigenvalue weighted by atomic mass is 35.5. The van der Waals surface area contributed by atoms with Gasteiger partial charge in [-0.3, -0.25) is 9.78 Å². The van der Waals surface area contributed by atoms with Crippen LogP contribution < -0.4 is 14.8 Å². The molecule has 4 rings (SSSR count). The van der Waals surface area contributed by atoms with Gasteiger partial charge in [0.1, 0.15) is 11.5 Å². The maximum Gasteiger partial charge on any atom is 0.238 e. The van der Waals surface area contributed by atoms with E-state index in [0.717, 1.165) is 5.56 Å². The predicted molar refractivity (Wildman–Crippen MR) is 113 cm³/mol. The average Bonchev–Trinajstić information content (AvgIpc) is 3.11. The third kappa shape index (κ3) is 4.30. The predicted octanol–water partition coefficient (Wildman–Crippen LogP) is 3.70. The van der Waals surface area contributed by atoms with Crippen molar-refractivity contribution in [3.05, 3.63) is 77.6 Å². The monoisotopic (exact) mass is 443 g/mol. The van der Waals surface area contributed by atoms with E-state index >= 15 is 0 Å². The zero-order valence-electron chi connectivity index (χ0n) is 15.7. The van der Waals surface area contributed by atoms with Crippen molar-refractivity contribution in [1.29, 1.82) is 0 Å².